The smallest absolute Gasteiger partial charge is 0.280 e. The second-order valence-corrected chi connectivity index (χ2v) is 15.4. The van der Waals surface area contributed by atoms with Gasteiger partial charge in [0.2, 0.25) is 11.8 Å². The second kappa shape index (κ2) is 14.7. The van der Waals surface area contributed by atoms with E-state index in [4.69, 9.17) is 51.1 Å². The lowest BCUT2D eigenvalue weighted by Gasteiger charge is -2.42. The van der Waals surface area contributed by atoms with Gasteiger partial charge >= 0.3 is 0 Å². The molecule has 1 saturated carbocycles. The van der Waals surface area contributed by atoms with Gasteiger partial charge in [-0.1, -0.05) is 23.2 Å². The van der Waals surface area contributed by atoms with Crippen molar-refractivity contribution in [1.82, 2.24) is 45.7 Å². The van der Waals surface area contributed by atoms with Crippen LogP contribution in [0.5, 0.6) is 0 Å². The largest absolute Gasteiger partial charge is 0.382 e. The van der Waals surface area contributed by atoms with Crippen LogP contribution in [0.2, 0.25) is 10.3 Å². The fourth-order valence-electron chi connectivity index (χ4n) is 8.09. The summed E-state index contributed by atoms with van der Waals surface area (Å²) in [6, 6.07) is 0. The van der Waals surface area contributed by atoms with Gasteiger partial charge in [0.1, 0.15) is 5.84 Å². The number of nitrogens with two attached hydrogens (primary N) is 4. The summed E-state index contributed by atoms with van der Waals surface area (Å²) in [5, 5.41) is 8.58. The first kappa shape index (κ1) is 37.3. The molecule has 2 saturated heterocycles. The Morgan fingerprint density at radius 1 is 0.667 bits per heavy atom. The van der Waals surface area contributed by atoms with E-state index in [0.29, 0.717) is 102 Å². The highest BCUT2D eigenvalue weighted by Gasteiger charge is 2.44. The van der Waals surface area contributed by atoms with Gasteiger partial charge in [0.15, 0.2) is 50.9 Å². The third-order valence-electron chi connectivity index (χ3n) is 11.3. The minimum absolute atomic E-state index is 0.0524. The van der Waals surface area contributed by atoms with Crippen LogP contribution in [0.1, 0.15) is 85.2 Å². The number of carbonyl (C=O) groups is 4. The van der Waals surface area contributed by atoms with Gasteiger partial charge in [-0.15, -0.1) is 0 Å². The molecular formula is C33H43Cl2N15O4. The molecule has 4 amide bonds. The SMILES string of the molecule is Nc1nc(N)c(C(=O)NC2=NC3(CC2)CCN(C(=O)C2CCC(C(=O)N4CCC5(CC4)CN=C(NC(=O)c4nc(Cl)c(N)nc4N)N5)CC2)CC3)nc1Cl. The minimum Gasteiger partial charge on any atom is -0.382 e. The Morgan fingerprint density at radius 2 is 1.15 bits per heavy atom. The number of amides is 4. The molecule has 4 aliphatic heterocycles. The molecule has 0 unspecified atom stereocenters. The first-order chi connectivity index (χ1) is 25.7. The van der Waals surface area contributed by atoms with Gasteiger partial charge in [-0.05, 0) is 57.8 Å². The highest BCUT2D eigenvalue weighted by molar-refractivity contribution is 6.32. The summed E-state index contributed by atoms with van der Waals surface area (Å²) in [6.45, 7) is 2.76. The Balaban J connectivity index is 0.834. The van der Waals surface area contributed by atoms with Crippen molar-refractivity contribution in [3.63, 3.8) is 0 Å². The monoisotopic (exact) mass is 783 g/mol. The number of likely N-dealkylation sites (tertiary alicyclic amines) is 2. The average molecular weight is 785 g/mol. The van der Waals surface area contributed by atoms with Crippen molar-refractivity contribution in [2.45, 2.75) is 75.3 Å². The number of amidine groups is 1. The second-order valence-electron chi connectivity index (χ2n) is 14.7. The number of guanidine groups is 1. The Labute approximate surface area is 320 Å². The van der Waals surface area contributed by atoms with E-state index in [1.807, 2.05) is 9.80 Å². The van der Waals surface area contributed by atoms with Crippen LogP contribution in [-0.2, 0) is 9.59 Å². The van der Waals surface area contributed by atoms with Gasteiger partial charge in [0.05, 0.1) is 17.6 Å². The standard InChI is InChI=1S/C33H43Cl2N15O4/c34-21-25(38)44-23(36)19(42-21)27(51)41-18-5-6-32(47-18)7-11-49(12-8-32)29(53)16-1-3-17(4-2-16)30(54)50-13-9-33(10-14-50)15-40-31(48-33)46-28(52)20-24(37)45-26(39)22(35)43-20/h16-17H,1-15H2,(H4,36,38,44)(H4,37,39,45)(H,41,47,51)(H2,40,46,48,52). The van der Waals surface area contributed by atoms with Crippen molar-refractivity contribution in [3.05, 3.63) is 21.7 Å². The van der Waals surface area contributed by atoms with Crippen molar-refractivity contribution in [3.8, 4) is 0 Å². The number of nitrogens with one attached hydrogen (secondary N) is 3. The van der Waals surface area contributed by atoms with Crippen LogP contribution in [0, 0.1) is 11.8 Å². The predicted molar refractivity (Wildman–Crippen MR) is 201 cm³/mol. The molecule has 21 heteroatoms. The lowest BCUT2D eigenvalue weighted by molar-refractivity contribution is -0.143. The van der Waals surface area contributed by atoms with Crippen LogP contribution in [0.4, 0.5) is 23.3 Å². The molecule has 3 fully saturated rings. The number of anilines is 4. The van der Waals surface area contributed by atoms with Crippen LogP contribution >= 0.6 is 23.2 Å². The Kier molecular flexibility index (Phi) is 10.1. The number of aromatic nitrogens is 4. The highest BCUT2D eigenvalue weighted by Crippen LogP contribution is 2.38. The average Bonchev–Trinajstić information content (AvgIpc) is 3.73. The summed E-state index contributed by atoms with van der Waals surface area (Å²) in [6.07, 6.45) is 6.80. The maximum atomic E-state index is 13.6. The third kappa shape index (κ3) is 7.51. The van der Waals surface area contributed by atoms with Crippen LogP contribution < -0.4 is 38.9 Å². The molecule has 2 spiro atoms. The van der Waals surface area contributed by atoms with Crippen LogP contribution in [0.15, 0.2) is 9.98 Å². The molecule has 0 bridgehead atoms. The van der Waals surface area contributed by atoms with E-state index >= 15 is 0 Å². The van der Waals surface area contributed by atoms with E-state index in [1.165, 1.54) is 0 Å². The van der Waals surface area contributed by atoms with E-state index in [9.17, 15) is 19.2 Å². The molecule has 5 aliphatic rings. The van der Waals surface area contributed by atoms with Gasteiger partial charge in [-0.2, -0.15) is 0 Å². The molecule has 6 heterocycles. The Morgan fingerprint density at radius 3 is 1.67 bits per heavy atom. The van der Waals surface area contributed by atoms with E-state index in [1.54, 1.807) is 0 Å². The summed E-state index contributed by atoms with van der Waals surface area (Å²) in [5.74, 6) is -0.628. The van der Waals surface area contributed by atoms with Crippen LogP contribution in [-0.4, -0.2) is 109 Å². The van der Waals surface area contributed by atoms with Gasteiger partial charge in [-0.3, -0.25) is 34.5 Å². The summed E-state index contributed by atoms with van der Waals surface area (Å²) >= 11 is 11.8. The zero-order valence-electron chi connectivity index (χ0n) is 29.5. The molecule has 7 rings (SSSR count). The van der Waals surface area contributed by atoms with E-state index < -0.39 is 11.8 Å². The zero-order chi connectivity index (χ0) is 38.4. The Hall–Kier alpha value is -5.04. The molecule has 0 atom stereocenters. The highest BCUT2D eigenvalue weighted by atomic mass is 35.5. The quantitative estimate of drug-likeness (QED) is 0.226. The van der Waals surface area contributed by atoms with Crippen LogP contribution in [0.25, 0.3) is 0 Å². The number of rotatable bonds is 4. The summed E-state index contributed by atoms with van der Waals surface area (Å²) in [4.78, 5) is 81.5. The lowest BCUT2D eigenvalue weighted by Crippen LogP contribution is -2.57. The van der Waals surface area contributed by atoms with Gasteiger partial charge in [0.25, 0.3) is 11.8 Å². The van der Waals surface area contributed by atoms with Gasteiger partial charge < -0.3 is 43.4 Å². The third-order valence-corrected chi connectivity index (χ3v) is 11.9. The van der Waals surface area contributed by atoms with Crippen molar-refractivity contribution in [2.24, 2.45) is 21.8 Å². The lowest BCUT2D eigenvalue weighted by atomic mass is 9.79. The molecule has 0 aromatic carbocycles. The van der Waals surface area contributed by atoms with Crippen LogP contribution in [0.3, 0.4) is 0 Å². The van der Waals surface area contributed by atoms with Gasteiger partial charge in [0, 0.05) is 44.4 Å². The predicted octanol–water partition coefficient (Wildman–Crippen LogP) is 0.742. The van der Waals surface area contributed by atoms with Crippen molar-refractivity contribution in [1.29, 1.82) is 0 Å². The van der Waals surface area contributed by atoms with Crippen molar-refractivity contribution in [2.75, 3.05) is 55.7 Å². The number of piperidine rings is 2. The minimum atomic E-state index is -0.610. The molecule has 54 heavy (non-hydrogen) atoms. The fraction of sp³-hybridized carbons (Fsp3) is 0.576. The molecule has 1 aliphatic carbocycles. The maximum Gasteiger partial charge on any atom is 0.280 e. The van der Waals surface area contributed by atoms with E-state index in [0.717, 1.165) is 6.42 Å². The summed E-state index contributed by atoms with van der Waals surface area (Å²) in [7, 11) is 0. The first-order valence-electron chi connectivity index (χ1n) is 18.0. The normalized spacial score (nSPS) is 23.1. The molecule has 11 N–H and O–H groups in total. The number of nitrogen functional groups attached to an aromatic ring is 4. The van der Waals surface area contributed by atoms with Gasteiger partial charge in [-0.25, -0.2) is 19.9 Å². The summed E-state index contributed by atoms with van der Waals surface area (Å²) in [5.41, 5.74) is 21.9. The van der Waals surface area contributed by atoms with Crippen molar-refractivity contribution < 1.29 is 19.2 Å². The number of hydrogen-bond acceptors (Lipinski definition) is 15. The number of aliphatic imine (C=N–C) groups is 2. The number of carbonyl (C=O) groups excluding carboxylic acids is 4. The zero-order valence-corrected chi connectivity index (χ0v) is 31.0. The topological polar surface area (TPSA) is 291 Å². The molecular weight excluding hydrogens is 741 g/mol. The Bertz CT molecular complexity index is 1930. The summed E-state index contributed by atoms with van der Waals surface area (Å²) < 4.78 is 0. The fourth-order valence-corrected chi connectivity index (χ4v) is 8.35. The number of halogens is 2. The molecule has 19 nitrogen and oxygen atoms in total. The molecule has 288 valence electrons. The molecule has 0 radical (unpaired) electrons. The molecule has 2 aromatic rings. The molecule has 2 aromatic heterocycles. The number of hydrogen-bond donors (Lipinski definition) is 7. The first-order valence-corrected chi connectivity index (χ1v) is 18.8. The van der Waals surface area contributed by atoms with E-state index in [-0.39, 0.29) is 79.7 Å². The van der Waals surface area contributed by atoms with Crippen molar-refractivity contribution >= 4 is 81.9 Å². The van der Waals surface area contributed by atoms with E-state index in [2.05, 4.69) is 40.9 Å². The maximum absolute atomic E-state index is 13.6. The number of nitrogens with zero attached hydrogens (tertiary/aromatic N) is 8.